The van der Waals surface area contributed by atoms with E-state index >= 15 is 0 Å². The third-order valence-corrected chi connectivity index (χ3v) is 5.94. The minimum atomic E-state index is -1.02. The zero-order chi connectivity index (χ0) is 20.1. The lowest BCUT2D eigenvalue weighted by atomic mass is 9.81. The van der Waals surface area contributed by atoms with Crippen molar-refractivity contribution in [3.8, 4) is 0 Å². The van der Waals surface area contributed by atoms with Crippen molar-refractivity contribution in [1.82, 2.24) is 9.88 Å². The van der Waals surface area contributed by atoms with E-state index < -0.39 is 5.97 Å². The Morgan fingerprint density at radius 3 is 2.71 bits per heavy atom. The Hall–Kier alpha value is -2.12. The average molecular weight is 407 g/mol. The number of amides is 1. The molecule has 0 bridgehead atoms. The van der Waals surface area contributed by atoms with Crippen molar-refractivity contribution < 1.29 is 14.7 Å². The number of aromatic nitrogens is 1. The first-order valence-corrected chi connectivity index (χ1v) is 10.2. The van der Waals surface area contributed by atoms with Crippen molar-refractivity contribution in [2.24, 2.45) is 17.6 Å². The molecule has 1 aliphatic heterocycles. The minimum absolute atomic E-state index is 0.106. The molecule has 0 unspecified atom stereocenters. The van der Waals surface area contributed by atoms with Gasteiger partial charge in [-0.05, 0) is 62.3 Å². The lowest BCUT2D eigenvalue weighted by Gasteiger charge is -2.30. The summed E-state index contributed by atoms with van der Waals surface area (Å²) in [6.45, 7) is 2.11. The van der Waals surface area contributed by atoms with Gasteiger partial charge in [-0.2, -0.15) is 0 Å². The molecule has 1 aromatic heterocycles. The fourth-order valence-electron chi connectivity index (χ4n) is 3.99. The highest BCUT2D eigenvalue weighted by atomic mass is 35.5. The lowest BCUT2D eigenvalue weighted by molar-refractivity contribution is -0.135. The molecular formula is C20H27ClN4O3. The van der Waals surface area contributed by atoms with Gasteiger partial charge in [-0.1, -0.05) is 11.6 Å². The third kappa shape index (κ3) is 5.23. The average Bonchev–Trinajstić information content (AvgIpc) is 3.16. The number of carboxylic acid groups (broad SMARTS) is 1. The molecule has 1 saturated carbocycles. The number of hydrogen-bond acceptors (Lipinski definition) is 5. The van der Waals surface area contributed by atoms with E-state index in [1.54, 1.807) is 12.3 Å². The van der Waals surface area contributed by atoms with Gasteiger partial charge in [0.2, 0.25) is 5.91 Å². The maximum Gasteiger partial charge on any atom is 0.328 e. The number of pyridine rings is 1. The highest BCUT2D eigenvalue weighted by molar-refractivity contribution is 6.33. The van der Waals surface area contributed by atoms with Gasteiger partial charge in [0.15, 0.2) is 0 Å². The zero-order valence-corrected chi connectivity index (χ0v) is 16.6. The van der Waals surface area contributed by atoms with Crippen LogP contribution in [0.3, 0.4) is 0 Å². The number of carboxylic acids is 1. The van der Waals surface area contributed by atoms with E-state index in [2.05, 4.69) is 10.3 Å². The van der Waals surface area contributed by atoms with Crippen LogP contribution in [0.15, 0.2) is 18.3 Å². The largest absolute Gasteiger partial charge is 0.478 e. The van der Waals surface area contributed by atoms with Gasteiger partial charge in [-0.3, -0.25) is 4.79 Å². The standard InChI is InChI=1S/C20H27ClN4O3/c21-17-9-14(3-6-18(26)27)11-23-19(17)24-16-7-8-25(12-16)20(28)15-4-1-13(10-22)2-5-15/h3,6,9,11,13,15-16H,1-2,4-5,7-8,10,12,22H2,(H,23,24)(H,26,27)/t13?,15?,16-/m1/s1. The number of anilines is 1. The predicted octanol–water partition coefficient (Wildman–Crippen LogP) is 2.61. The Balaban J connectivity index is 1.53. The predicted molar refractivity (Wildman–Crippen MR) is 109 cm³/mol. The summed E-state index contributed by atoms with van der Waals surface area (Å²) in [6, 6.07) is 1.78. The van der Waals surface area contributed by atoms with Crippen LogP contribution >= 0.6 is 11.6 Å². The Bertz CT molecular complexity index is 747. The van der Waals surface area contributed by atoms with Crippen molar-refractivity contribution >= 4 is 35.4 Å². The summed E-state index contributed by atoms with van der Waals surface area (Å²) in [5.41, 5.74) is 6.36. The van der Waals surface area contributed by atoms with Gasteiger partial charge in [-0.25, -0.2) is 9.78 Å². The molecule has 2 fully saturated rings. The molecule has 1 aromatic rings. The van der Waals surface area contributed by atoms with Crippen LogP contribution in [0, 0.1) is 11.8 Å². The number of carbonyl (C=O) groups is 2. The van der Waals surface area contributed by atoms with Gasteiger partial charge >= 0.3 is 5.97 Å². The fraction of sp³-hybridized carbons (Fsp3) is 0.550. The highest BCUT2D eigenvalue weighted by Crippen LogP contribution is 2.31. The molecule has 1 saturated heterocycles. The van der Waals surface area contributed by atoms with E-state index in [4.69, 9.17) is 22.4 Å². The molecule has 4 N–H and O–H groups in total. The lowest BCUT2D eigenvalue weighted by Crippen LogP contribution is -2.38. The number of rotatable bonds is 6. The molecule has 2 aliphatic rings. The van der Waals surface area contributed by atoms with E-state index in [0.29, 0.717) is 28.9 Å². The third-order valence-electron chi connectivity index (χ3n) is 5.65. The van der Waals surface area contributed by atoms with Gasteiger partial charge in [0.25, 0.3) is 0 Å². The Morgan fingerprint density at radius 1 is 1.32 bits per heavy atom. The minimum Gasteiger partial charge on any atom is -0.478 e. The normalized spacial score (nSPS) is 25.2. The first kappa shape index (κ1) is 20.6. The molecule has 1 atom stereocenters. The topological polar surface area (TPSA) is 109 Å². The van der Waals surface area contributed by atoms with Crippen molar-refractivity contribution in [3.63, 3.8) is 0 Å². The molecule has 0 spiro atoms. The molecule has 28 heavy (non-hydrogen) atoms. The highest BCUT2D eigenvalue weighted by Gasteiger charge is 2.33. The van der Waals surface area contributed by atoms with Crippen molar-refractivity contribution in [1.29, 1.82) is 0 Å². The molecule has 7 nitrogen and oxygen atoms in total. The number of nitrogens with one attached hydrogen (secondary N) is 1. The van der Waals surface area contributed by atoms with Crippen LogP contribution in [-0.4, -0.2) is 52.5 Å². The molecule has 1 amide bonds. The van der Waals surface area contributed by atoms with Crippen LogP contribution in [0.1, 0.15) is 37.7 Å². The Labute approximate surface area is 169 Å². The van der Waals surface area contributed by atoms with Gasteiger partial charge in [0.1, 0.15) is 5.82 Å². The van der Waals surface area contributed by atoms with Gasteiger partial charge < -0.3 is 21.1 Å². The Morgan fingerprint density at radius 2 is 2.07 bits per heavy atom. The number of halogens is 1. The van der Waals surface area contributed by atoms with Gasteiger partial charge in [-0.15, -0.1) is 0 Å². The summed E-state index contributed by atoms with van der Waals surface area (Å²) in [6.07, 6.45) is 8.88. The van der Waals surface area contributed by atoms with Crippen molar-refractivity contribution in [2.45, 2.75) is 38.1 Å². The number of hydrogen-bond donors (Lipinski definition) is 3. The molecule has 152 valence electrons. The maximum atomic E-state index is 12.8. The van der Waals surface area contributed by atoms with Crippen molar-refractivity contribution in [3.05, 3.63) is 28.9 Å². The summed E-state index contributed by atoms with van der Waals surface area (Å²) < 4.78 is 0. The number of likely N-dealkylation sites (tertiary alicyclic amines) is 1. The smallest absolute Gasteiger partial charge is 0.328 e. The number of nitrogens with two attached hydrogens (primary N) is 1. The summed E-state index contributed by atoms with van der Waals surface area (Å²) in [5, 5.41) is 12.4. The van der Waals surface area contributed by atoms with Crippen LogP contribution in [-0.2, 0) is 9.59 Å². The van der Waals surface area contributed by atoms with Gasteiger partial charge in [0, 0.05) is 37.3 Å². The molecule has 8 heteroatoms. The van der Waals surface area contributed by atoms with E-state index in [1.165, 1.54) is 6.08 Å². The summed E-state index contributed by atoms with van der Waals surface area (Å²) in [5.74, 6) is 0.484. The molecule has 3 rings (SSSR count). The van der Waals surface area contributed by atoms with E-state index in [0.717, 1.165) is 51.3 Å². The first-order valence-electron chi connectivity index (χ1n) is 9.78. The Kier molecular flexibility index (Phi) is 6.91. The zero-order valence-electron chi connectivity index (χ0n) is 15.8. The first-order chi connectivity index (χ1) is 13.5. The second kappa shape index (κ2) is 9.39. The van der Waals surface area contributed by atoms with Crippen LogP contribution in [0.2, 0.25) is 5.02 Å². The summed E-state index contributed by atoms with van der Waals surface area (Å²) >= 11 is 6.27. The van der Waals surface area contributed by atoms with Crippen LogP contribution < -0.4 is 11.1 Å². The van der Waals surface area contributed by atoms with E-state index in [-0.39, 0.29) is 17.9 Å². The van der Waals surface area contributed by atoms with Crippen LogP contribution in [0.5, 0.6) is 0 Å². The van der Waals surface area contributed by atoms with Crippen LogP contribution in [0.4, 0.5) is 5.82 Å². The maximum absolute atomic E-state index is 12.8. The summed E-state index contributed by atoms with van der Waals surface area (Å²) in [4.78, 5) is 29.6. The number of nitrogens with zero attached hydrogens (tertiary/aromatic N) is 2. The summed E-state index contributed by atoms with van der Waals surface area (Å²) in [7, 11) is 0. The number of aliphatic carboxylic acids is 1. The van der Waals surface area contributed by atoms with Crippen molar-refractivity contribution in [2.75, 3.05) is 25.0 Å². The molecule has 1 aliphatic carbocycles. The SMILES string of the molecule is NCC1CCC(C(=O)N2CC[C@@H](Nc3ncc(C=CC(=O)O)cc3Cl)C2)CC1. The quantitative estimate of drug-likeness (QED) is 0.626. The van der Waals surface area contributed by atoms with Gasteiger partial charge in [0.05, 0.1) is 5.02 Å². The van der Waals surface area contributed by atoms with Crippen LogP contribution in [0.25, 0.3) is 6.08 Å². The second-order valence-electron chi connectivity index (χ2n) is 7.64. The molecule has 0 radical (unpaired) electrons. The molecular weight excluding hydrogens is 380 g/mol. The van der Waals surface area contributed by atoms with E-state index in [9.17, 15) is 9.59 Å². The van der Waals surface area contributed by atoms with E-state index in [1.807, 2.05) is 4.90 Å². The number of carbonyl (C=O) groups excluding carboxylic acids is 1. The fourth-order valence-corrected chi connectivity index (χ4v) is 4.22. The monoisotopic (exact) mass is 406 g/mol. The molecule has 0 aromatic carbocycles. The second-order valence-corrected chi connectivity index (χ2v) is 8.05. The molecule has 2 heterocycles.